The van der Waals surface area contributed by atoms with Crippen LogP contribution in [0.3, 0.4) is 0 Å². The Bertz CT molecular complexity index is 479. The van der Waals surface area contributed by atoms with Crippen molar-refractivity contribution in [3.63, 3.8) is 0 Å². The first-order valence-corrected chi connectivity index (χ1v) is 9.51. The summed E-state index contributed by atoms with van der Waals surface area (Å²) in [6.45, 7) is 9.00. The zero-order chi connectivity index (χ0) is 17.2. The summed E-state index contributed by atoms with van der Waals surface area (Å²) >= 11 is 0. The largest absolute Gasteiger partial charge is 0.415 e. The van der Waals surface area contributed by atoms with Gasteiger partial charge in [0.05, 0.1) is 0 Å². The van der Waals surface area contributed by atoms with E-state index >= 15 is 0 Å². The zero-order valence-electron chi connectivity index (χ0n) is 15.3. The van der Waals surface area contributed by atoms with Gasteiger partial charge in [0.15, 0.2) is 0 Å². The highest BCUT2D eigenvalue weighted by Crippen LogP contribution is 2.16. The minimum absolute atomic E-state index is 0.218. The summed E-state index contributed by atoms with van der Waals surface area (Å²) in [6, 6.07) is 7.93. The van der Waals surface area contributed by atoms with Crippen molar-refractivity contribution >= 4 is 6.09 Å². The number of benzene rings is 1. The summed E-state index contributed by atoms with van der Waals surface area (Å²) in [5, 5.41) is 0. The molecule has 4 heteroatoms. The van der Waals surface area contributed by atoms with Gasteiger partial charge in [-0.05, 0) is 43.5 Å². The number of carbonyl (C=O) groups is 1. The summed E-state index contributed by atoms with van der Waals surface area (Å²) in [5.41, 5.74) is 1.30. The Morgan fingerprint density at radius 1 is 0.958 bits per heavy atom. The van der Waals surface area contributed by atoms with E-state index < -0.39 is 0 Å². The van der Waals surface area contributed by atoms with Crippen molar-refractivity contribution in [1.82, 2.24) is 9.80 Å². The van der Waals surface area contributed by atoms with Crippen LogP contribution in [0.5, 0.6) is 5.75 Å². The van der Waals surface area contributed by atoms with Gasteiger partial charge in [-0.3, -0.25) is 4.90 Å². The third-order valence-electron chi connectivity index (χ3n) is 4.66. The van der Waals surface area contributed by atoms with Crippen molar-refractivity contribution in [3.8, 4) is 5.75 Å². The predicted molar refractivity (Wildman–Crippen MR) is 98.6 cm³/mol. The number of ether oxygens (including phenoxy) is 1. The molecular formula is C20H32N2O2. The molecule has 24 heavy (non-hydrogen) atoms. The standard InChI is InChI=1S/C20H32N2O2/c1-3-5-7-13-21-14-16-22(17-15-21)20(23)24-19-11-9-18(10-12-19)8-6-4-2/h9-12H,3-8,13-17H2,1-2H3. The van der Waals surface area contributed by atoms with Gasteiger partial charge in [-0.2, -0.15) is 0 Å². The fourth-order valence-corrected chi connectivity index (χ4v) is 3.01. The van der Waals surface area contributed by atoms with Gasteiger partial charge in [0.25, 0.3) is 0 Å². The number of amides is 1. The maximum absolute atomic E-state index is 12.3. The number of carbonyl (C=O) groups excluding carboxylic acids is 1. The van der Waals surface area contributed by atoms with Crippen LogP contribution in [0.2, 0.25) is 0 Å². The molecule has 0 saturated carbocycles. The highest BCUT2D eigenvalue weighted by atomic mass is 16.6. The number of hydrogen-bond acceptors (Lipinski definition) is 3. The van der Waals surface area contributed by atoms with E-state index in [-0.39, 0.29) is 6.09 Å². The summed E-state index contributed by atoms with van der Waals surface area (Å²) in [5.74, 6) is 0.644. The first-order chi connectivity index (χ1) is 11.7. The smallest absolute Gasteiger partial charge is 0.410 e. The summed E-state index contributed by atoms with van der Waals surface area (Å²) in [7, 11) is 0. The van der Waals surface area contributed by atoms with Crippen molar-refractivity contribution in [1.29, 1.82) is 0 Å². The highest BCUT2D eigenvalue weighted by Gasteiger charge is 2.22. The molecule has 0 atom stereocenters. The Hall–Kier alpha value is -1.55. The van der Waals surface area contributed by atoms with E-state index in [4.69, 9.17) is 4.74 Å². The van der Waals surface area contributed by atoms with E-state index in [1.807, 2.05) is 17.0 Å². The lowest BCUT2D eigenvalue weighted by molar-refractivity contribution is 0.110. The molecule has 0 aliphatic carbocycles. The Balaban J connectivity index is 1.73. The molecule has 4 nitrogen and oxygen atoms in total. The topological polar surface area (TPSA) is 32.8 Å². The Kier molecular flexibility index (Phi) is 8.10. The Morgan fingerprint density at radius 3 is 2.25 bits per heavy atom. The molecule has 0 aromatic heterocycles. The Labute approximate surface area is 146 Å². The second kappa shape index (κ2) is 10.3. The van der Waals surface area contributed by atoms with Crippen molar-refractivity contribution in [3.05, 3.63) is 29.8 Å². The average molecular weight is 332 g/mol. The first-order valence-electron chi connectivity index (χ1n) is 9.51. The molecular weight excluding hydrogens is 300 g/mol. The first kappa shape index (κ1) is 18.8. The SMILES string of the molecule is CCCCCN1CCN(C(=O)Oc2ccc(CCCC)cc2)CC1. The third kappa shape index (κ3) is 6.16. The minimum atomic E-state index is -0.218. The van der Waals surface area contributed by atoms with E-state index in [0.717, 1.165) is 39.1 Å². The lowest BCUT2D eigenvalue weighted by Gasteiger charge is -2.34. The summed E-state index contributed by atoms with van der Waals surface area (Å²) in [6.07, 6.45) is 7.06. The van der Waals surface area contributed by atoms with E-state index in [2.05, 4.69) is 30.9 Å². The molecule has 0 N–H and O–H groups in total. The fraction of sp³-hybridized carbons (Fsp3) is 0.650. The monoisotopic (exact) mass is 332 g/mol. The number of rotatable bonds is 8. The molecule has 1 aliphatic heterocycles. The van der Waals surface area contributed by atoms with Crippen molar-refractivity contribution in [2.24, 2.45) is 0 Å². The van der Waals surface area contributed by atoms with E-state index in [1.54, 1.807) is 0 Å². The van der Waals surface area contributed by atoms with Crippen LogP contribution in [0.1, 0.15) is 51.5 Å². The van der Waals surface area contributed by atoms with Gasteiger partial charge in [-0.15, -0.1) is 0 Å². The third-order valence-corrected chi connectivity index (χ3v) is 4.66. The van der Waals surface area contributed by atoms with Gasteiger partial charge >= 0.3 is 6.09 Å². The van der Waals surface area contributed by atoms with E-state index in [9.17, 15) is 4.79 Å². The van der Waals surface area contributed by atoms with Gasteiger partial charge in [-0.25, -0.2) is 4.79 Å². The molecule has 0 bridgehead atoms. The van der Waals surface area contributed by atoms with E-state index in [0.29, 0.717) is 5.75 Å². The molecule has 1 aromatic carbocycles. The van der Waals surface area contributed by atoms with Gasteiger partial charge in [0.2, 0.25) is 0 Å². The molecule has 1 amide bonds. The molecule has 1 saturated heterocycles. The van der Waals surface area contributed by atoms with Gasteiger partial charge in [0.1, 0.15) is 5.75 Å². The summed E-state index contributed by atoms with van der Waals surface area (Å²) in [4.78, 5) is 16.5. The number of unbranched alkanes of at least 4 members (excludes halogenated alkanes) is 3. The van der Waals surface area contributed by atoms with E-state index in [1.165, 1.54) is 37.7 Å². The molecule has 1 fully saturated rings. The molecule has 1 aromatic rings. The maximum atomic E-state index is 12.3. The fourth-order valence-electron chi connectivity index (χ4n) is 3.01. The van der Waals surface area contributed by atoms with Crippen LogP contribution in [0.4, 0.5) is 4.79 Å². The molecule has 1 heterocycles. The minimum Gasteiger partial charge on any atom is -0.410 e. The van der Waals surface area contributed by atoms with Crippen LogP contribution in [-0.2, 0) is 6.42 Å². The molecule has 1 aliphatic rings. The van der Waals surface area contributed by atoms with Gasteiger partial charge < -0.3 is 9.64 Å². The van der Waals surface area contributed by atoms with Crippen LogP contribution in [0.25, 0.3) is 0 Å². The van der Waals surface area contributed by atoms with Crippen LogP contribution < -0.4 is 4.74 Å². The maximum Gasteiger partial charge on any atom is 0.415 e. The van der Waals surface area contributed by atoms with Crippen LogP contribution in [-0.4, -0.2) is 48.6 Å². The van der Waals surface area contributed by atoms with Gasteiger partial charge in [0, 0.05) is 26.2 Å². The highest BCUT2D eigenvalue weighted by molar-refractivity contribution is 5.70. The number of piperazine rings is 1. The lowest BCUT2D eigenvalue weighted by atomic mass is 10.1. The normalized spacial score (nSPS) is 15.5. The Morgan fingerprint density at radius 2 is 1.62 bits per heavy atom. The number of nitrogens with zero attached hydrogens (tertiary/aromatic N) is 2. The predicted octanol–water partition coefficient (Wildman–Crippen LogP) is 4.34. The van der Waals surface area contributed by atoms with Crippen molar-refractivity contribution in [2.75, 3.05) is 32.7 Å². The van der Waals surface area contributed by atoms with Crippen LogP contribution >= 0.6 is 0 Å². The molecule has 0 unspecified atom stereocenters. The molecule has 0 spiro atoms. The van der Waals surface area contributed by atoms with Crippen molar-refractivity contribution < 1.29 is 9.53 Å². The van der Waals surface area contributed by atoms with Crippen LogP contribution in [0, 0.1) is 0 Å². The van der Waals surface area contributed by atoms with Gasteiger partial charge in [-0.1, -0.05) is 45.2 Å². The quantitative estimate of drug-likeness (QED) is 0.664. The second-order valence-electron chi connectivity index (χ2n) is 6.65. The number of hydrogen-bond donors (Lipinski definition) is 0. The van der Waals surface area contributed by atoms with Crippen LogP contribution in [0.15, 0.2) is 24.3 Å². The molecule has 0 radical (unpaired) electrons. The lowest BCUT2D eigenvalue weighted by Crippen LogP contribution is -2.49. The number of aryl methyl sites for hydroxylation is 1. The second-order valence-corrected chi connectivity index (χ2v) is 6.65. The summed E-state index contributed by atoms with van der Waals surface area (Å²) < 4.78 is 5.52. The molecule has 134 valence electrons. The van der Waals surface area contributed by atoms with Crippen molar-refractivity contribution in [2.45, 2.75) is 52.4 Å². The molecule has 2 rings (SSSR count). The zero-order valence-corrected chi connectivity index (χ0v) is 15.3. The average Bonchev–Trinajstić information content (AvgIpc) is 2.62.